The summed E-state index contributed by atoms with van der Waals surface area (Å²) >= 11 is 6.15. The zero-order valence-corrected chi connectivity index (χ0v) is 14.6. The molecule has 4 nitrogen and oxygen atoms in total. The van der Waals surface area contributed by atoms with E-state index < -0.39 is 15.9 Å². The van der Waals surface area contributed by atoms with Gasteiger partial charge in [0.1, 0.15) is 0 Å². The maximum Gasteiger partial charge on any atom is 0.260 e. The fourth-order valence-corrected chi connectivity index (χ4v) is 4.13. The third-order valence-corrected chi connectivity index (χ3v) is 5.59. The van der Waals surface area contributed by atoms with Gasteiger partial charge in [0, 0.05) is 11.1 Å². The second-order valence-electron chi connectivity index (χ2n) is 5.72. The van der Waals surface area contributed by atoms with E-state index in [4.69, 9.17) is 11.6 Å². The van der Waals surface area contributed by atoms with Crippen molar-refractivity contribution in [2.75, 3.05) is 10.7 Å². The highest BCUT2D eigenvalue weighted by Gasteiger charge is 2.32. The minimum atomic E-state index is -3.29. The van der Waals surface area contributed by atoms with Crippen molar-refractivity contribution in [1.82, 2.24) is 0 Å². The highest BCUT2D eigenvalue weighted by molar-refractivity contribution is 7.94. The Morgan fingerprint density at radius 2 is 1.79 bits per heavy atom. The molecule has 0 spiro atoms. The Hall–Kier alpha value is -2.11. The summed E-state index contributed by atoms with van der Waals surface area (Å²) in [6.45, 7) is 1.95. The van der Waals surface area contributed by atoms with Crippen LogP contribution in [0, 0.1) is 6.92 Å². The number of amides is 1. The molecule has 3 rings (SSSR count). The van der Waals surface area contributed by atoms with E-state index in [0.29, 0.717) is 16.3 Å². The minimum Gasteiger partial charge on any atom is -0.300 e. The van der Waals surface area contributed by atoms with Crippen LogP contribution in [0.3, 0.4) is 0 Å². The van der Waals surface area contributed by atoms with Crippen LogP contribution in [0.5, 0.6) is 0 Å². The van der Waals surface area contributed by atoms with E-state index in [1.165, 1.54) is 10.3 Å². The summed E-state index contributed by atoms with van der Waals surface area (Å²) in [5, 5.41) is 1.50. The first kappa shape index (κ1) is 16.7. The van der Waals surface area contributed by atoms with Crippen LogP contribution in [0.2, 0.25) is 5.02 Å². The zero-order chi connectivity index (χ0) is 17.3. The van der Waals surface area contributed by atoms with Gasteiger partial charge in [-0.25, -0.2) is 8.42 Å². The first-order valence-electron chi connectivity index (χ1n) is 7.43. The average molecular weight is 362 g/mol. The number of nitrogens with zero attached hydrogens (tertiary/aromatic N) is 1. The molecule has 124 valence electrons. The molecule has 1 amide bonds. The average Bonchev–Trinajstić information content (AvgIpc) is 2.89. The summed E-state index contributed by atoms with van der Waals surface area (Å²) in [7, 11) is -3.29. The third-order valence-electron chi connectivity index (χ3n) is 3.88. The Bertz CT molecular complexity index is 904. The van der Waals surface area contributed by atoms with Gasteiger partial charge in [0.2, 0.25) is 0 Å². The van der Waals surface area contributed by atoms with Crippen molar-refractivity contribution in [2.24, 2.45) is 0 Å². The molecule has 1 heterocycles. The lowest BCUT2D eigenvalue weighted by Crippen LogP contribution is -2.41. The number of benzene rings is 2. The molecule has 2 aromatic rings. The second-order valence-corrected chi connectivity index (χ2v) is 8.05. The molecule has 1 aliphatic rings. The summed E-state index contributed by atoms with van der Waals surface area (Å²) < 4.78 is 23.6. The van der Waals surface area contributed by atoms with Crippen LogP contribution in [0.25, 0.3) is 0 Å². The molecular weight excluding hydrogens is 346 g/mol. The van der Waals surface area contributed by atoms with Crippen LogP contribution < -0.4 is 4.90 Å². The van der Waals surface area contributed by atoms with Crippen molar-refractivity contribution in [2.45, 2.75) is 13.0 Å². The molecule has 24 heavy (non-hydrogen) atoms. The largest absolute Gasteiger partial charge is 0.300 e. The maximum atomic E-state index is 13.1. The van der Waals surface area contributed by atoms with E-state index in [1.54, 1.807) is 30.3 Å². The van der Waals surface area contributed by atoms with Gasteiger partial charge in [-0.05, 0) is 37.3 Å². The van der Waals surface area contributed by atoms with Gasteiger partial charge >= 0.3 is 0 Å². The lowest BCUT2D eigenvalue weighted by molar-refractivity contribution is 0.0983. The molecule has 0 saturated carbocycles. The smallest absolute Gasteiger partial charge is 0.260 e. The summed E-state index contributed by atoms with van der Waals surface area (Å²) in [6, 6.07) is 13.6. The molecule has 0 unspecified atom stereocenters. The molecule has 0 bridgehead atoms. The minimum absolute atomic E-state index is 0.128. The highest BCUT2D eigenvalue weighted by Crippen LogP contribution is 2.27. The van der Waals surface area contributed by atoms with Crippen LogP contribution in [0.15, 0.2) is 60.0 Å². The van der Waals surface area contributed by atoms with Crippen LogP contribution in [0.4, 0.5) is 5.69 Å². The molecule has 0 radical (unpaired) electrons. The van der Waals surface area contributed by atoms with Crippen LogP contribution in [0.1, 0.15) is 15.9 Å². The number of hydrogen-bond donors (Lipinski definition) is 0. The van der Waals surface area contributed by atoms with Gasteiger partial charge in [0.05, 0.1) is 22.4 Å². The van der Waals surface area contributed by atoms with Crippen molar-refractivity contribution in [3.8, 4) is 0 Å². The van der Waals surface area contributed by atoms with E-state index in [1.807, 2.05) is 31.2 Å². The van der Waals surface area contributed by atoms with Crippen LogP contribution in [-0.4, -0.2) is 26.1 Å². The lowest BCUT2D eigenvalue weighted by Gasteiger charge is -2.28. The summed E-state index contributed by atoms with van der Waals surface area (Å²) in [5.41, 5.74) is 2.04. The number of sulfone groups is 1. The van der Waals surface area contributed by atoms with Crippen molar-refractivity contribution in [3.63, 3.8) is 0 Å². The van der Waals surface area contributed by atoms with Gasteiger partial charge in [-0.15, -0.1) is 0 Å². The van der Waals surface area contributed by atoms with Gasteiger partial charge in [-0.2, -0.15) is 0 Å². The van der Waals surface area contributed by atoms with Gasteiger partial charge in [-0.3, -0.25) is 4.79 Å². The van der Waals surface area contributed by atoms with E-state index in [-0.39, 0.29) is 11.7 Å². The number of aryl methyl sites for hydroxylation is 1. The molecule has 1 aliphatic heterocycles. The van der Waals surface area contributed by atoms with E-state index in [0.717, 1.165) is 5.56 Å². The van der Waals surface area contributed by atoms with E-state index in [9.17, 15) is 13.2 Å². The quantitative estimate of drug-likeness (QED) is 0.839. The number of rotatable bonds is 3. The van der Waals surface area contributed by atoms with Crippen LogP contribution in [-0.2, 0) is 9.84 Å². The second kappa shape index (κ2) is 6.42. The monoisotopic (exact) mass is 361 g/mol. The Balaban J connectivity index is 2.05. The number of halogens is 1. The highest BCUT2D eigenvalue weighted by atomic mass is 35.5. The van der Waals surface area contributed by atoms with Gasteiger partial charge in [0.25, 0.3) is 5.91 Å². The first-order chi connectivity index (χ1) is 11.4. The predicted octanol–water partition coefficient (Wildman–Crippen LogP) is 3.61. The van der Waals surface area contributed by atoms with Gasteiger partial charge < -0.3 is 4.90 Å². The SMILES string of the molecule is Cc1ccc(N(C(=O)c2ccccc2Cl)[C@@H]2C=CS(=O)(=O)C2)cc1. The Kier molecular flexibility index (Phi) is 4.47. The number of carbonyl (C=O) groups excluding carboxylic acids is 1. The molecule has 0 saturated heterocycles. The molecule has 6 heteroatoms. The topological polar surface area (TPSA) is 54.5 Å². The van der Waals surface area contributed by atoms with Crippen molar-refractivity contribution < 1.29 is 13.2 Å². The Morgan fingerprint density at radius 1 is 1.12 bits per heavy atom. The number of carbonyl (C=O) groups is 1. The Morgan fingerprint density at radius 3 is 2.38 bits per heavy atom. The molecular formula is C18H16ClNO3S. The fourth-order valence-electron chi connectivity index (χ4n) is 2.65. The fraction of sp³-hybridized carbons (Fsp3) is 0.167. The molecule has 0 fully saturated rings. The van der Waals surface area contributed by atoms with Gasteiger partial charge in [0.15, 0.2) is 9.84 Å². The van der Waals surface area contributed by atoms with Crippen LogP contribution >= 0.6 is 11.6 Å². The Labute approximate surface area is 146 Å². The van der Waals surface area contributed by atoms with Crippen molar-refractivity contribution in [1.29, 1.82) is 0 Å². The predicted molar refractivity (Wildman–Crippen MR) is 96.2 cm³/mol. The molecule has 0 aromatic heterocycles. The molecule has 1 atom stereocenters. The molecule has 2 aromatic carbocycles. The maximum absolute atomic E-state index is 13.1. The standard InChI is InChI=1S/C18H16ClNO3S/c1-13-6-8-14(9-7-13)20(15-10-11-24(22,23)12-15)18(21)16-4-2-3-5-17(16)19/h2-11,15H,12H2,1H3/t15-/m1/s1. The summed E-state index contributed by atoms with van der Waals surface area (Å²) in [5.74, 6) is -0.451. The lowest BCUT2D eigenvalue weighted by atomic mass is 10.1. The number of anilines is 1. The number of hydrogen-bond acceptors (Lipinski definition) is 3. The van der Waals surface area contributed by atoms with Crippen molar-refractivity contribution in [3.05, 3.63) is 76.2 Å². The molecule has 0 N–H and O–H groups in total. The van der Waals surface area contributed by atoms with E-state index >= 15 is 0 Å². The third kappa shape index (κ3) is 3.37. The van der Waals surface area contributed by atoms with Crippen molar-refractivity contribution >= 4 is 33.0 Å². The molecule has 0 aliphatic carbocycles. The van der Waals surface area contributed by atoms with E-state index in [2.05, 4.69) is 0 Å². The first-order valence-corrected chi connectivity index (χ1v) is 9.52. The zero-order valence-electron chi connectivity index (χ0n) is 13.0. The normalized spacial score (nSPS) is 18.5. The van der Waals surface area contributed by atoms with Gasteiger partial charge in [-0.1, -0.05) is 41.4 Å². The summed E-state index contributed by atoms with van der Waals surface area (Å²) in [4.78, 5) is 14.5. The summed E-state index contributed by atoms with van der Waals surface area (Å²) in [6.07, 6.45) is 1.55.